The highest BCUT2D eigenvalue weighted by Gasteiger charge is 2.64. The molecule has 0 bridgehead atoms. The van der Waals surface area contributed by atoms with Gasteiger partial charge in [0.1, 0.15) is 0 Å². The SMILES string of the molecule is Cc1cc(-c2nc(-c3ccc(C4(C(F)(F)F)CC4)cc3)no2)nn1Cc1cccc(N2CC(I)C2)c1. The average molecular weight is 605 g/mol. The molecule has 0 radical (unpaired) electrons. The van der Waals surface area contributed by atoms with Crippen LogP contribution in [0.15, 0.2) is 59.1 Å². The van der Waals surface area contributed by atoms with E-state index in [0.29, 0.717) is 27.6 Å². The van der Waals surface area contributed by atoms with Gasteiger partial charge in [-0.3, -0.25) is 4.68 Å². The van der Waals surface area contributed by atoms with E-state index >= 15 is 0 Å². The fourth-order valence-electron chi connectivity index (χ4n) is 4.68. The lowest BCUT2D eigenvalue weighted by Gasteiger charge is -2.38. The zero-order valence-corrected chi connectivity index (χ0v) is 21.6. The van der Waals surface area contributed by atoms with E-state index in [9.17, 15) is 13.2 Å². The number of benzene rings is 2. The summed E-state index contributed by atoms with van der Waals surface area (Å²) in [6.07, 6.45) is -3.98. The number of aromatic nitrogens is 4. The van der Waals surface area contributed by atoms with E-state index in [0.717, 1.165) is 24.3 Å². The Morgan fingerprint density at radius 2 is 1.83 bits per heavy atom. The first-order valence-electron chi connectivity index (χ1n) is 11.8. The molecule has 10 heteroatoms. The molecule has 1 aliphatic heterocycles. The van der Waals surface area contributed by atoms with Gasteiger partial charge in [0.2, 0.25) is 5.82 Å². The number of anilines is 1. The largest absolute Gasteiger partial charge is 0.398 e. The fraction of sp³-hybridized carbons (Fsp3) is 0.346. The minimum absolute atomic E-state index is 0.131. The molecule has 0 spiro atoms. The molecule has 0 atom stereocenters. The summed E-state index contributed by atoms with van der Waals surface area (Å²) in [5.74, 6) is 0.587. The maximum absolute atomic E-state index is 13.4. The summed E-state index contributed by atoms with van der Waals surface area (Å²) in [5.41, 5.74) is 3.07. The molecule has 2 aromatic heterocycles. The Morgan fingerprint density at radius 3 is 2.50 bits per heavy atom. The normalized spacial score (nSPS) is 17.3. The Labute approximate surface area is 219 Å². The van der Waals surface area contributed by atoms with Crippen molar-refractivity contribution in [1.29, 1.82) is 0 Å². The lowest BCUT2D eigenvalue weighted by atomic mass is 9.94. The molecule has 6 nitrogen and oxygen atoms in total. The van der Waals surface area contributed by atoms with E-state index in [2.05, 4.69) is 67.0 Å². The molecule has 3 heterocycles. The van der Waals surface area contributed by atoms with Crippen LogP contribution in [-0.2, 0) is 12.0 Å². The summed E-state index contributed by atoms with van der Waals surface area (Å²) in [7, 11) is 0. The van der Waals surface area contributed by atoms with Gasteiger partial charge in [-0.2, -0.15) is 23.3 Å². The van der Waals surface area contributed by atoms with E-state index < -0.39 is 11.6 Å². The van der Waals surface area contributed by atoms with Gasteiger partial charge in [0.05, 0.1) is 12.0 Å². The second-order valence-corrected chi connectivity index (χ2v) is 11.3. The predicted octanol–water partition coefficient (Wildman–Crippen LogP) is 6.17. The van der Waals surface area contributed by atoms with Gasteiger partial charge in [-0.05, 0) is 49.1 Å². The Hall–Kier alpha value is -2.89. The summed E-state index contributed by atoms with van der Waals surface area (Å²) in [4.78, 5) is 6.81. The fourth-order valence-corrected chi connectivity index (χ4v) is 5.63. The first kappa shape index (κ1) is 23.5. The summed E-state index contributed by atoms with van der Waals surface area (Å²) in [6.45, 7) is 4.73. The van der Waals surface area contributed by atoms with Crippen molar-refractivity contribution in [2.24, 2.45) is 0 Å². The lowest BCUT2D eigenvalue weighted by molar-refractivity contribution is -0.160. The van der Waals surface area contributed by atoms with Crippen molar-refractivity contribution in [3.05, 3.63) is 71.4 Å². The third-order valence-corrected chi connectivity index (χ3v) is 7.85. The number of nitrogens with zero attached hydrogens (tertiary/aromatic N) is 5. The maximum Gasteiger partial charge on any atom is 0.398 e. The topological polar surface area (TPSA) is 60.0 Å². The number of rotatable bonds is 6. The summed E-state index contributed by atoms with van der Waals surface area (Å²) in [6, 6.07) is 16.6. The van der Waals surface area contributed by atoms with Crippen molar-refractivity contribution in [3.63, 3.8) is 0 Å². The van der Waals surface area contributed by atoms with Crippen LogP contribution in [0.1, 0.15) is 29.7 Å². The first-order chi connectivity index (χ1) is 17.2. The third kappa shape index (κ3) is 4.18. The quantitative estimate of drug-likeness (QED) is 0.194. The van der Waals surface area contributed by atoms with Crippen LogP contribution in [0.3, 0.4) is 0 Å². The van der Waals surface area contributed by atoms with Gasteiger partial charge < -0.3 is 9.42 Å². The van der Waals surface area contributed by atoms with Crippen LogP contribution in [-0.4, -0.2) is 43.1 Å². The van der Waals surface area contributed by atoms with E-state index in [1.54, 1.807) is 12.1 Å². The molecule has 6 rings (SSSR count). The van der Waals surface area contributed by atoms with Gasteiger partial charge in [-0.1, -0.05) is 64.1 Å². The van der Waals surface area contributed by atoms with Gasteiger partial charge in [0, 0.05) is 34.0 Å². The smallest absolute Gasteiger partial charge is 0.369 e. The van der Waals surface area contributed by atoms with Crippen LogP contribution in [0, 0.1) is 6.92 Å². The highest BCUT2D eigenvalue weighted by atomic mass is 127. The van der Waals surface area contributed by atoms with Crippen LogP contribution in [0.2, 0.25) is 0 Å². The molecule has 4 aromatic rings. The Kier molecular flexibility index (Phi) is 5.62. The molecule has 0 N–H and O–H groups in total. The highest BCUT2D eigenvalue weighted by Crippen LogP contribution is 2.58. The number of aryl methyl sites for hydroxylation is 1. The summed E-state index contributed by atoms with van der Waals surface area (Å²) in [5, 5.41) is 8.70. The minimum Gasteiger partial charge on any atom is -0.369 e. The second kappa shape index (κ2) is 8.60. The molecule has 2 aromatic carbocycles. The first-order valence-corrected chi connectivity index (χ1v) is 13.0. The zero-order chi connectivity index (χ0) is 25.1. The highest BCUT2D eigenvalue weighted by molar-refractivity contribution is 14.1. The average Bonchev–Trinajstić information content (AvgIpc) is 3.39. The van der Waals surface area contributed by atoms with Crippen molar-refractivity contribution < 1.29 is 17.7 Å². The molecule has 2 fully saturated rings. The second-order valence-electron chi connectivity index (χ2n) is 9.58. The van der Waals surface area contributed by atoms with Gasteiger partial charge in [0.15, 0.2) is 5.69 Å². The monoisotopic (exact) mass is 605 g/mol. The van der Waals surface area contributed by atoms with E-state index in [1.807, 2.05) is 17.7 Å². The van der Waals surface area contributed by atoms with Crippen LogP contribution < -0.4 is 4.90 Å². The molecule has 0 amide bonds. The van der Waals surface area contributed by atoms with Gasteiger partial charge in [0.25, 0.3) is 5.89 Å². The minimum atomic E-state index is -4.24. The zero-order valence-electron chi connectivity index (χ0n) is 19.5. The van der Waals surface area contributed by atoms with Crippen molar-refractivity contribution >= 4 is 28.3 Å². The van der Waals surface area contributed by atoms with Gasteiger partial charge in [-0.25, -0.2) is 0 Å². The molecule has 186 valence electrons. The molecule has 1 saturated heterocycles. The number of hydrogen-bond acceptors (Lipinski definition) is 5. The lowest BCUT2D eigenvalue weighted by Crippen LogP contribution is -2.47. The summed E-state index contributed by atoms with van der Waals surface area (Å²) >= 11 is 2.47. The van der Waals surface area contributed by atoms with Crippen LogP contribution in [0.25, 0.3) is 23.0 Å². The van der Waals surface area contributed by atoms with Crippen LogP contribution in [0.5, 0.6) is 0 Å². The van der Waals surface area contributed by atoms with Crippen molar-refractivity contribution in [3.8, 4) is 23.0 Å². The number of halogens is 4. The Balaban J connectivity index is 1.19. The summed E-state index contributed by atoms with van der Waals surface area (Å²) < 4.78 is 48.3. The molecule has 1 aliphatic carbocycles. The van der Waals surface area contributed by atoms with Crippen LogP contribution in [0.4, 0.5) is 18.9 Å². The predicted molar refractivity (Wildman–Crippen MR) is 138 cm³/mol. The molecular formula is C26H23F3IN5O. The van der Waals surface area contributed by atoms with E-state index in [1.165, 1.54) is 17.8 Å². The van der Waals surface area contributed by atoms with Gasteiger partial charge >= 0.3 is 6.18 Å². The molecule has 2 aliphatic rings. The van der Waals surface area contributed by atoms with Crippen LogP contribution >= 0.6 is 22.6 Å². The molecule has 0 unspecified atom stereocenters. The standard InChI is InChI=1S/C26H23F3IN5O/c1-16-11-22(32-35(16)13-17-3-2-4-21(12-17)34-14-20(30)15-34)24-31-23(33-36-24)18-5-7-19(8-6-18)25(9-10-25)26(27,28)29/h2-8,11-12,20H,9-10,13-15H2,1H3. The Morgan fingerprint density at radius 1 is 1.08 bits per heavy atom. The van der Waals surface area contributed by atoms with E-state index in [4.69, 9.17) is 4.52 Å². The number of alkyl halides is 4. The van der Waals surface area contributed by atoms with Crippen molar-refractivity contribution in [2.75, 3.05) is 18.0 Å². The Bertz CT molecular complexity index is 1400. The molecule has 36 heavy (non-hydrogen) atoms. The number of hydrogen-bond donors (Lipinski definition) is 0. The third-order valence-electron chi connectivity index (χ3n) is 7.06. The van der Waals surface area contributed by atoms with Crippen molar-refractivity contribution in [1.82, 2.24) is 19.9 Å². The maximum atomic E-state index is 13.4. The van der Waals surface area contributed by atoms with Gasteiger partial charge in [-0.15, -0.1) is 0 Å². The molecule has 1 saturated carbocycles. The van der Waals surface area contributed by atoms with Crippen molar-refractivity contribution in [2.45, 2.75) is 41.8 Å². The molecular weight excluding hydrogens is 582 g/mol. The van der Waals surface area contributed by atoms with E-state index in [-0.39, 0.29) is 24.3 Å².